The van der Waals surface area contributed by atoms with Crippen LogP contribution in [0.2, 0.25) is 0 Å². The Bertz CT molecular complexity index is 533. The first kappa shape index (κ1) is 15.0. The van der Waals surface area contributed by atoms with E-state index < -0.39 is 6.03 Å². The molecule has 2 rings (SSSR count). The van der Waals surface area contributed by atoms with Crippen LogP contribution in [-0.4, -0.2) is 29.4 Å². The zero-order valence-corrected chi connectivity index (χ0v) is 12.9. The van der Waals surface area contributed by atoms with Gasteiger partial charge in [0.15, 0.2) is 0 Å². The molecule has 0 fully saturated rings. The number of imide groups is 1. The highest BCUT2D eigenvalue weighted by molar-refractivity contribution is 9.10. The number of urea groups is 1. The van der Waals surface area contributed by atoms with Gasteiger partial charge in [0.1, 0.15) is 0 Å². The summed E-state index contributed by atoms with van der Waals surface area (Å²) in [6, 6.07) is 5.91. The van der Waals surface area contributed by atoms with Crippen molar-refractivity contribution in [2.45, 2.75) is 32.4 Å². The first-order chi connectivity index (χ1) is 9.45. The van der Waals surface area contributed by atoms with Crippen LogP contribution in [-0.2, 0) is 17.8 Å². The van der Waals surface area contributed by atoms with Crippen molar-refractivity contribution < 1.29 is 9.59 Å². The van der Waals surface area contributed by atoms with Gasteiger partial charge in [-0.15, -0.1) is 0 Å². The minimum atomic E-state index is -0.795. The quantitative estimate of drug-likeness (QED) is 0.881. The van der Waals surface area contributed by atoms with Crippen molar-refractivity contribution >= 4 is 27.9 Å². The van der Waals surface area contributed by atoms with Gasteiger partial charge in [-0.2, -0.15) is 0 Å². The third-order valence-electron chi connectivity index (χ3n) is 3.57. The summed E-state index contributed by atoms with van der Waals surface area (Å²) >= 11 is 3.48. The van der Waals surface area contributed by atoms with Crippen molar-refractivity contribution in [2.75, 3.05) is 6.54 Å². The second kappa shape index (κ2) is 6.37. The van der Waals surface area contributed by atoms with Gasteiger partial charge in [0, 0.05) is 30.0 Å². The highest BCUT2D eigenvalue weighted by Gasteiger charge is 2.23. The monoisotopic (exact) mass is 339 g/mol. The summed E-state index contributed by atoms with van der Waals surface area (Å²) in [4.78, 5) is 24.3. The van der Waals surface area contributed by atoms with Crippen LogP contribution in [0.15, 0.2) is 22.7 Å². The second-order valence-electron chi connectivity index (χ2n) is 5.10. The average molecular weight is 340 g/mol. The molecule has 1 unspecified atom stereocenters. The van der Waals surface area contributed by atoms with Gasteiger partial charge in [0.25, 0.3) is 0 Å². The molecule has 0 saturated carbocycles. The lowest BCUT2D eigenvalue weighted by Crippen LogP contribution is -2.42. The molecule has 1 aromatic carbocycles. The predicted molar refractivity (Wildman–Crippen MR) is 80.1 cm³/mol. The molecule has 0 radical (unpaired) electrons. The van der Waals surface area contributed by atoms with Crippen molar-refractivity contribution in [3.05, 3.63) is 33.8 Å². The van der Waals surface area contributed by atoms with Crippen LogP contribution in [0, 0.1) is 0 Å². The van der Waals surface area contributed by atoms with Crippen molar-refractivity contribution in [2.24, 2.45) is 5.73 Å². The number of hydrogen-bond donors (Lipinski definition) is 2. The Kier molecular flexibility index (Phi) is 4.77. The summed E-state index contributed by atoms with van der Waals surface area (Å²) in [6.07, 6.45) is 1.25. The normalized spacial score (nSPS) is 18.4. The molecular formula is C14H18BrN3O2. The van der Waals surface area contributed by atoms with Gasteiger partial charge in [-0.05, 0) is 36.6 Å². The molecule has 0 aliphatic carbocycles. The Hall–Kier alpha value is -1.40. The lowest BCUT2D eigenvalue weighted by molar-refractivity contribution is -0.120. The van der Waals surface area contributed by atoms with Crippen molar-refractivity contribution in [3.63, 3.8) is 0 Å². The molecule has 1 aliphatic rings. The summed E-state index contributed by atoms with van der Waals surface area (Å²) in [6.45, 7) is 3.59. The molecule has 0 bridgehead atoms. The number of fused-ring (bicyclic) bond motifs is 1. The van der Waals surface area contributed by atoms with Crippen molar-refractivity contribution in [1.29, 1.82) is 0 Å². The first-order valence-corrected chi connectivity index (χ1v) is 7.35. The Labute approximate surface area is 126 Å². The molecule has 5 nitrogen and oxygen atoms in total. The number of amides is 3. The van der Waals surface area contributed by atoms with Crippen LogP contribution in [0.25, 0.3) is 0 Å². The van der Waals surface area contributed by atoms with Gasteiger partial charge in [-0.25, -0.2) is 4.79 Å². The molecule has 20 heavy (non-hydrogen) atoms. The molecule has 1 heterocycles. The van der Waals surface area contributed by atoms with Crippen LogP contribution in [0.3, 0.4) is 0 Å². The van der Waals surface area contributed by atoms with E-state index in [9.17, 15) is 9.59 Å². The number of carbonyl (C=O) groups is 2. The van der Waals surface area contributed by atoms with Gasteiger partial charge in [-0.1, -0.05) is 22.0 Å². The number of nitrogens with zero attached hydrogens (tertiary/aromatic N) is 1. The molecule has 1 atom stereocenters. The number of benzene rings is 1. The van der Waals surface area contributed by atoms with Gasteiger partial charge < -0.3 is 5.73 Å². The fourth-order valence-corrected chi connectivity index (χ4v) is 2.92. The molecule has 6 heteroatoms. The number of rotatable bonds is 3. The minimum absolute atomic E-state index is 0.274. The molecular weight excluding hydrogens is 322 g/mol. The SMILES string of the molecule is CC1Cc2ccc(Br)cc2CN1CCC(=O)NC(N)=O. The van der Waals surface area contributed by atoms with Gasteiger partial charge in [0.2, 0.25) is 5.91 Å². The lowest BCUT2D eigenvalue weighted by atomic mass is 9.95. The third kappa shape index (κ3) is 3.80. The van der Waals surface area contributed by atoms with Crippen LogP contribution in [0.4, 0.5) is 4.79 Å². The number of nitrogens with two attached hydrogens (primary N) is 1. The van der Waals surface area contributed by atoms with E-state index in [0.29, 0.717) is 12.6 Å². The highest BCUT2D eigenvalue weighted by atomic mass is 79.9. The van der Waals surface area contributed by atoms with E-state index in [0.717, 1.165) is 17.4 Å². The molecule has 0 aromatic heterocycles. The van der Waals surface area contributed by atoms with Crippen LogP contribution in [0.1, 0.15) is 24.5 Å². The number of hydrogen-bond acceptors (Lipinski definition) is 3. The Morgan fingerprint density at radius 3 is 2.90 bits per heavy atom. The number of nitrogens with one attached hydrogen (secondary N) is 1. The molecule has 3 N–H and O–H groups in total. The van der Waals surface area contributed by atoms with E-state index >= 15 is 0 Å². The lowest BCUT2D eigenvalue weighted by Gasteiger charge is -2.34. The largest absolute Gasteiger partial charge is 0.351 e. The van der Waals surface area contributed by atoms with E-state index in [1.54, 1.807) is 0 Å². The Balaban J connectivity index is 1.97. The van der Waals surface area contributed by atoms with E-state index in [4.69, 9.17) is 5.73 Å². The van der Waals surface area contributed by atoms with E-state index in [1.165, 1.54) is 11.1 Å². The minimum Gasteiger partial charge on any atom is -0.351 e. The maximum atomic E-state index is 11.5. The zero-order valence-electron chi connectivity index (χ0n) is 11.4. The smallest absolute Gasteiger partial charge is 0.318 e. The van der Waals surface area contributed by atoms with Crippen molar-refractivity contribution in [1.82, 2.24) is 10.2 Å². The zero-order chi connectivity index (χ0) is 14.7. The molecule has 1 aliphatic heterocycles. The van der Waals surface area contributed by atoms with Crippen LogP contribution >= 0.6 is 15.9 Å². The second-order valence-corrected chi connectivity index (χ2v) is 6.01. The van der Waals surface area contributed by atoms with Gasteiger partial charge >= 0.3 is 6.03 Å². The van der Waals surface area contributed by atoms with Gasteiger partial charge in [0.05, 0.1) is 0 Å². The highest BCUT2D eigenvalue weighted by Crippen LogP contribution is 2.26. The van der Waals surface area contributed by atoms with Crippen molar-refractivity contribution in [3.8, 4) is 0 Å². The summed E-state index contributed by atoms with van der Waals surface area (Å²) in [5.74, 6) is -0.329. The third-order valence-corrected chi connectivity index (χ3v) is 4.06. The summed E-state index contributed by atoms with van der Waals surface area (Å²) in [7, 11) is 0. The maximum Gasteiger partial charge on any atom is 0.318 e. The number of carbonyl (C=O) groups excluding carboxylic acids is 2. The van der Waals surface area contributed by atoms with E-state index in [-0.39, 0.29) is 12.3 Å². The molecule has 1 aromatic rings. The summed E-state index contributed by atoms with van der Waals surface area (Å²) in [5.41, 5.74) is 7.56. The number of primary amides is 1. The first-order valence-electron chi connectivity index (χ1n) is 6.56. The topological polar surface area (TPSA) is 75.4 Å². The van der Waals surface area contributed by atoms with E-state index in [2.05, 4.69) is 51.3 Å². The van der Waals surface area contributed by atoms with Gasteiger partial charge in [-0.3, -0.25) is 15.0 Å². The molecule has 3 amide bonds. The summed E-state index contributed by atoms with van der Waals surface area (Å²) in [5, 5.41) is 2.09. The predicted octanol–water partition coefficient (Wildman–Crippen LogP) is 1.78. The molecule has 108 valence electrons. The molecule has 0 spiro atoms. The number of halogens is 1. The summed E-state index contributed by atoms with van der Waals surface area (Å²) < 4.78 is 1.07. The van der Waals surface area contributed by atoms with Crippen LogP contribution in [0.5, 0.6) is 0 Å². The Morgan fingerprint density at radius 1 is 1.45 bits per heavy atom. The maximum absolute atomic E-state index is 11.5. The fraction of sp³-hybridized carbons (Fsp3) is 0.429. The standard InChI is InChI=1S/C14H18BrN3O2/c1-9-6-10-2-3-12(15)7-11(10)8-18(9)5-4-13(19)17-14(16)20/h2-3,7,9H,4-6,8H2,1H3,(H3,16,17,19,20). The van der Waals surface area contributed by atoms with E-state index in [1.807, 2.05) is 0 Å². The average Bonchev–Trinajstić information content (AvgIpc) is 2.36. The molecule has 0 saturated heterocycles. The Morgan fingerprint density at radius 2 is 2.20 bits per heavy atom. The fourth-order valence-electron chi connectivity index (χ4n) is 2.51. The van der Waals surface area contributed by atoms with Crippen LogP contribution < -0.4 is 11.1 Å².